The van der Waals surface area contributed by atoms with Gasteiger partial charge >= 0.3 is 5.97 Å². The molecular formula is C27H25ClN9O5S3+. The average Bonchev–Trinajstić information content (AvgIpc) is 3.73. The largest absolute Gasteiger partial charge is 0.477 e. The summed E-state index contributed by atoms with van der Waals surface area (Å²) in [6.45, 7) is 0.825. The zero-order valence-electron chi connectivity index (χ0n) is 23.4. The molecule has 14 nitrogen and oxygen atoms in total. The number of thiophene rings is 1. The number of aliphatic carboxylic acids is 1. The molecule has 6 rings (SSSR count). The van der Waals surface area contributed by atoms with Crippen LogP contribution in [0.15, 0.2) is 58.5 Å². The summed E-state index contributed by atoms with van der Waals surface area (Å²) in [7, 11) is 1.25. The van der Waals surface area contributed by atoms with E-state index >= 15 is 0 Å². The zero-order chi connectivity index (χ0) is 32.0. The molecule has 0 saturated carbocycles. The lowest BCUT2D eigenvalue weighted by atomic mass is 10.0. The van der Waals surface area contributed by atoms with Gasteiger partial charge in [-0.1, -0.05) is 28.1 Å². The number of carbonyl (C=O) groups is 3. The third-order valence-electron chi connectivity index (χ3n) is 7.23. The van der Waals surface area contributed by atoms with Crippen molar-refractivity contribution in [2.45, 2.75) is 24.5 Å². The number of oxime groups is 1. The molecule has 0 bridgehead atoms. The summed E-state index contributed by atoms with van der Waals surface area (Å²) in [5, 5.41) is 25.5. The van der Waals surface area contributed by atoms with Gasteiger partial charge < -0.3 is 31.3 Å². The van der Waals surface area contributed by atoms with Crippen LogP contribution in [0.25, 0.3) is 11.0 Å². The van der Waals surface area contributed by atoms with Gasteiger partial charge in [-0.15, -0.1) is 23.1 Å². The molecule has 4 aromatic heterocycles. The Bertz CT molecular complexity index is 1950. The Kier molecular flexibility index (Phi) is 8.25. The summed E-state index contributed by atoms with van der Waals surface area (Å²) in [6, 6.07) is 6.71. The van der Waals surface area contributed by atoms with Crippen molar-refractivity contribution in [1.29, 1.82) is 5.41 Å². The highest BCUT2D eigenvalue weighted by Crippen LogP contribution is 2.40. The minimum absolute atomic E-state index is 0.0167. The van der Waals surface area contributed by atoms with Gasteiger partial charge in [0.05, 0.1) is 6.54 Å². The number of carbonyl (C=O) groups excluding carboxylic acids is 2. The van der Waals surface area contributed by atoms with Gasteiger partial charge in [-0.05, 0) is 12.1 Å². The number of nitrogens with zero attached hydrogens (tertiary/aromatic N) is 5. The molecule has 232 valence electrons. The molecule has 6 heterocycles. The van der Waals surface area contributed by atoms with E-state index in [0.717, 1.165) is 27.2 Å². The predicted octanol–water partition coefficient (Wildman–Crippen LogP) is 1.80. The minimum atomic E-state index is -1.23. The van der Waals surface area contributed by atoms with Crippen LogP contribution in [0.2, 0.25) is 4.34 Å². The first kappa shape index (κ1) is 30.6. The number of hydrogen-bond acceptors (Lipinski definition) is 11. The van der Waals surface area contributed by atoms with Gasteiger partial charge in [-0.3, -0.25) is 19.9 Å². The monoisotopic (exact) mass is 686 g/mol. The molecule has 2 aliphatic rings. The van der Waals surface area contributed by atoms with E-state index in [9.17, 15) is 19.5 Å². The summed E-state index contributed by atoms with van der Waals surface area (Å²) in [4.78, 5) is 50.0. The summed E-state index contributed by atoms with van der Waals surface area (Å²) in [5.41, 5.74) is 14.0. The van der Waals surface area contributed by atoms with E-state index < -0.39 is 29.2 Å². The smallest absolute Gasteiger partial charge is 0.352 e. The normalized spacial score (nSPS) is 18.1. The molecule has 18 heteroatoms. The Balaban J connectivity index is 1.22. The molecule has 1 fully saturated rings. The average molecular weight is 687 g/mol. The molecule has 45 heavy (non-hydrogen) atoms. The van der Waals surface area contributed by atoms with Gasteiger partial charge in [0.2, 0.25) is 5.52 Å². The number of pyridine rings is 1. The number of carboxylic acids is 1. The number of fused-ring (bicyclic) bond motifs is 2. The van der Waals surface area contributed by atoms with Crippen LogP contribution in [0, 0.1) is 5.41 Å². The molecule has 4 aromatic rings. The van der Waals surface area contributed by atoms with Crippen molar-refractivity contribution in [3.8, 4) is 0 Å². The van der Waals surface area contributed by atoms with Crippen LogP contribution in [-0.4, -0.2) is 73.2 Å². The topological polar surface area (TPSA) is 206 Å². The van der Waals surface area contributed by atoms with Crippen LogP contribution in [0.1, 0.15) is 16.1 Å². The second-order valence-corrected chi connectivity index (χ2v) is 13.7. The highest BCUT2D eigenvalue weighted by Gasteiger charge is 2.55. The predicted molar refractivity (Wildman–Crippen MR) is 171 cm³/mol. The molecule has 0 radical (unpaired) electrons. The quantitative estimate of drug-likeness (QED) is 0.0541. The van der Waals surface area contributed by atoms with Gasteiger partial charge in [0.15, 0.2) is 23.6 Å². The maximum Gasteiger partial charge on any atom is 0.352 e. The summed E-state index contributed by atoms with van der Waals surface area (Å²) < 4.78 is 4.14. The number of thiazole rings is 1. The number of aromatic nitrogens is 3. The number of nitrogens with two attached hydrogens (primary N) is 2. The van der Waals surface area contributed by atoms with E-state index in [-0.39, 0.29) is 39.0 Å². The Morgan fingerprint density at radius 1 is 1.38 bits per heavy atom. The maximum atomic E-state index is 13.3. The van der Waals surface area contributed by atoms with Crippen molar-refractivity contribution in [1.82, 2.24) is 19.8 Å². The van der Waals surface area contributed by atoms with Crippen LogP contribution in [0.5, 0.6) is 0 Å². The van der Waals surface area contributed by atoms with Crippen molar-refractivity contribution in [2.75, 3.05) is 18.6 Å². The van der Waals surface area contributed by atoms with Gasteiger partial charge in [-0.2, -0.15) is 4.57 Å². The number of nitrogen functional groups attached to an aromatic ring is 2. The zero-order valence-corrected chi connectivity index (χ0v) is 26.6. The van der Waals surface area contributed by atoms with E-state index in [0.29, 0.717) is 23.4 Å². The van der Waals surface area contributed by atoms with E-state index in [1.54, 1.807) is 0 Å². The second kappa shape index (κ2) is 12.2. The number of halogens is 1. The summed E-state index contributed by atoms with van der Waals surface area (Å²) in [6.07, 6.45) is 3.82. The van der Waals surface area contributed by atoms with Crippen molar-refractivity contribution in [3.05, 3.63) is 73.8 Å². The molecule has 7 N–H and O–H groups in total. The van der Waals surface area contributed by atoms with Crippen molar-refractivity contribution >= 4 is 91.5 Å². The van der Waals surface area contributed by atoms with Gasteiger partial charge in [0, 0.05) is 45.5 Å². The third kappa shape index (κ3) is 5.63. The van der Waals surface area contributed by atoms with Gasteiger partial charge in [-0.25, -0.2) is 9.78 Å². The molecule has 0 aliphatic carbocycles. The molecule has 2 amide bonds. The van der Waals surface area contributed by atoms with Gasteiger partial charge in [0.25, 0.3) is 11.8 Å². The Hall–Kier alpha value is -4.45. The number of amides is 2. The fraction of sp³-hybridized carbons (Fsp3) is 0.222. The molecule has 0 unspecified atom stereocenters. The highest BCUT2D eigenvalue weighted by molar-refractivity contribution is 8.00. The molecule has 2 aliphatic heterocycles. The number of rotatable bonds is 10. The number of β-lactam (4-membered cyclic amide) rings is 1. The van der Waals surface area contributed by atoms with Crippen LogP contribution >= 0.6 is 46.0 Å². The lowest BCUT2D eigenvalue weighted by Gasteiger charge is -2.49. The lowest BCUT2D eigenvalue weighted by Crippen LogP contribution is -2.71. The van der Waals surface area contributed by atoms with E-state index in [1.165, 1.54) is 35.1 Å². The van der Waals surface area contributed by atoms with Crippen LogP contribution < -0.4 is 21.4 Å². The van der Waals surface area contributed by atoms with Crippen LogP contribution in [-0.2, 0) is 32.3 Å². The lowest BCUT2D eigenvalue weighted by molar-refractivity contribution is -0.663. The third-order valence-corrected chi connectivity index (χ3v) is 10.6. The van der Waals surface area contributed by atoms with Crippen molar-refractivity contribution in [2.24, 2.45) is 10.9 Å². The van der Waals surface area contributed by atoms with Crippen LogP contribution in [0.4, 0.5) is 5.13 Å². The van der Waals surface area contributed by atoms with E-state index in [1.807, 2.05) is 46.6 Å². The molecule has 0 spiro atoms. The van der Waals surface area contributed by atoms with Crippen molar-refractivity contribution in [3.63, 3.8) is 0 Å². The van der Waals surface area contributed by atoms with Crippen molar-refractivity contribution < 1.29 is 28.9 Å². The maximum absolute atomic E-state index is 13.3. The second-order valence-electron chi connectivity index (χ2n) is 9.98. The van der Waals surface area contributed by atoms with Gasteiger partial charge in [0.1, 0.15) is 45.6 Å². The first-order valence-electron chi connectivity index (χ1n) is 13.2. The fourth-order valence-electron chi connectivity index (χ4n) is 5.23. The van der Waals surface area contributed by atoms with E-state index in [2.05, 4.69) is 20.0 Å². The number of amidine groups is 1. The number of thioether (sulfide) groups is 1. The number of anilines is 1. The number of nitrogens with one attached hydrogen (secondary N) is 2. The highest BCUT2D eigenvalue weighted by atomic mass is 35.5. The van der Waals surface area contributed by atoms with E-state index in [4.69, 9.17) is 33.3 Å². The summed E-state index contributed by atoms with van der Waals surface area (Å²) >= 11 is 9.99. The minimum Gasteiger partial charge on any atom is -0.477 e. The standard InChI is InChI=1S/C27H24ClN9O5S3/c1-42-34-18(17-21(28)45-27(31)33-17)23(38)32-19-24(39)37-20(26(40)41)13(11-44-25(19)37)8-35-5-2-3-15-16(35)4-6-36(15)9-14-7-12(10-43-14)22(29)30/h2-7,10,19,25H,8-9,11H2,1H3,(H6-,29,30,31,32,33,38,40,41)/p+1/b34-18-/t19-,25-/m1/s1. The first-order chi connectivity index (χ1) is 21.6. The SMILES string of the molecule is CO/N=C(\C(=O)N[C@@H]1C(=O)N2C(C(=O)O)=C(C[n+]3cccc4c3ccn4Cc3cc(C(=N)N)cs3)CS[C@H]12)c1nc(N)sc1Cl. The Morgan fingerprint density at radius 3 is 2.84 bits per heavy atom. The Labute approximate surface area is 272 Å². The first-order valence-corrected chi connectivity index (χ1v) is 16.3. The number of hydrogen-bond donors (Lipinski definition) is 5. The number of carboxylic acid groups (broad SMARTS) is 1. The Morgan fingerprint density at radius 2 is 2.18 bits per heavy atom. The molecular weight excluding hydrogens is 662 g/mol. The summed E-state index contributed by atoms with van der Waals surface area (Å²) in [5.74, 6) is -2.21. The molecule has 1 saturated heterocycles. The molecule has 2 atom stereocenters. The van der Waals surface area contributed by atoms with Crippen LogP contribution in [0.3, 0.4) is 0 Å². The molecule has 0 aromatic carbocycles. The fourth-order valence-corrected chi connectivity index (χ4v) is 8.38.